The summed E-state index contributed by atoms with van der Waals surface area (Å²) in [7, 11) is 1.91. The summed E-state index contributed by atoms with van der Waals surface area (Å²) < 4.78 is 17.9. The van der Waals surface area contributed by atoms with Gasteiger partial charge in [-0.2, -0.15) is 0 Å². The van der Waals surface area contributed by atoms with E-state index in [9.17, 15) is 4.79 Å². The van der Waals surface area contributed by atoms with Crippen LogP contribution in [-0.4, -0.2) is 60.1 Å². The van der Waals surface area contributed by atoms with Crippen LogP contribution in [0.15, 0.2) is 12.4 Å². The molecule has 0 radical (unpaired) electrons. The molecular formula is C15H21N3O4. The van der Waals surface area contributed by atoms with Crippen molar-refractivity contribution < 1.29 is 19.0 Å². The maximum absolute atomic E-state index is 11.9. The van der Waals surface area contributed by atoms with Gasteiger partial charge in [0, 0.05) is 26.0 Å². The minimum Gasteiger partial charge on any atom is -0.447 e. The number of likely N-dealkylation sites (tertiary alicyclic amines) is 1. The number of carbonyl (C=O) groups excluding carboxylic acids is 1. The molecule has 7 nitrogen and oxygen atoms in total. The van der Waals surface area contributed by atoms with Crippen LogP contribution in [-0.2, 0) is 26.9 Å². The van der Waals surface area contributed by atoms with Gasteiger partial charge in [-0.3, -0.25) is 0 Å². The molecule has 1 aromatic heterocycles. The molecule has 0 N–H and O–H groups in total. The highest BCUT2D eigenvalue weighted by Gasteiger charge is 2.50. The zero-order valence-corrected chi connectivity index (χ0v) is 12.9. The van der Waals surface area contributed by atoms with Crippen molar-refractivity contribution in [2.45, 2.75) is 12.5 Å². The van der Waals surface area contributed by atoms with E-state index in [1.54, 1.807) is 11.1 Å². The van der Waals surface area contributed by atoms with Crippen molar-refractivity contribution in [3.8, 4) is 12.3 Å². The Bertz CT molecular complexity index is 543. The quantitative estimate of drug-likeness (QED) is 0.549. The molecule has 0 unspecified atom stereocenters. The number of rotatable bonds is 7. The number of ether oxygens (including phenoxy) is 3. The van der Waals surface area contributed by atoms with Gasteiger partial charge in [0.15, 0.2) is 5.60 Å². The van der Waals surface area contributed by atoms with E-state index in [0.717, 1.165) is 5.82 Å². The summed E-state index contributed by atoms with van der Waals surface area (Å²) in [4.78, 5) is 17.9. The van der Waals surface area contributed by atoms with Crippen molar-refractivity contribution in [2.24, 2.45) is 7.05 Å². The minimum absolute atomic E-state index is 0.182. The van der Waals surface area contributed by atoms with E-state index in [-0.39, 0.29) is 19.3 Å². The van der Waals surface area contributed by atoms with Crippen LogP contribution in [0, 0.1) is 12.3 Å². The average molecular weight is 307 g/mol. The van der Waals surface area contributed by atoms with Crippen molar-refractivity contribution in [3.63, 3.8) is 0 Å². The Labute approximate surface area is 130 Å². The molecule has 1 saturated heterocycles. The fraction of sp³-hybridized carbons (Fsp3) is 0.600. The Kier molecular flexibility index (Phi) is 5.41. The van der Waals surface area contributed by atoms with E-state index >= 15 is 0 Å². The van der Waals surface area contributed by atoms with Crippen LogP contribution in [0.1, 0.15) is 12.7 Å². The fourth-order valence-electron chi connectivity index (χ4n) is 2.49. The van der Waals surface area contributed by atoms with Crippen LogP contribution in [0.2, 0.25) is 0 Å². The van der Waals surface area contributed by atoms with Crippen molar-refractivity contribution in [1.29, 1.82) is 0 Å². The van der Waals surface area contributed by atoms with Crippen LogP contribution < -0.4 is 0 Å². The Morgan fingerprint density at radius 2 is 2.27 bits per heavy atom. The summed E-state index contributed by atoms with van der Waals surface area (Å²) in [5.74, 6) is 3.16. The summed E-state index contributed by atoms with van der Waals surface area (Å²) >= 11 is 0. The molecule has 1 aliphatic heterocycles. The van der Waals surface area contributed by atoms with Crippen LogP contribution in [0.25, 0.3) is 0 Å². The molecule has 0 spiro atoms. The molecule has 0 aliphatic carbocycles. The van der Waals surface area contributed by atoms with Gasteiger partial charge in [0.2, 0.25) is 0 Å². The minimum atomic E-state index is -0.550. The third-order valence-electron chi connectivity index (χ3n) is 3.44. The molecule has 1 aromatic rings. The van der Waals surface area contributed by atoms with Gasteiger partial charge in [0.25, 0.3) is 0 Å². The van der Waals surface area contributed by atoms with Crippen LogP contribution >= 0.6 is 0 Å². The van der Waals surface area contributed by atoms with E-state index in [1.165, 1.54) is 0 Å². The summed E-state index contributed by atoms with van der Waals surface area (Å²) in [5, 5.41) is 0. The normalized spacial score (nSPS) is 16.0. The van der Waals surface area contributed by atoms with Gasteiger partial charge < -0.3 is 23.7 Å². The molecule has 120 valence electrons. The lowest BCUT2D eigenvalue weighted by Crippen LogP contribution is -2.63. The second-order valence-electron chi connectivity index (χ2n) is 5.02. The van der Waals surface area contributed by atoms with E-state index in [2.05, 4.69) is 10.9 Å². The van der Waals surface area contributed by atoms with E-state index in [0.29, 0.717) is 26.3 Å². The number of nitrogens with zero attached hydrogens (tertiary/aromatic N) is 3. The van der Waals surface area contributed by atoms with E-state index < -0.39 is 5.60 Å². The first-order valence-electron chi connectivity index (χ1n) is 7.17. The monoisotopic (exact) mass is 307 g/mol. The molecule has 7 heteroatoms. The SMILES string of the molecule is C#CCOCCOC(=O)N1CC(OCC)(c2nccn2C)C1. The summed E-state index contributed by atoms with van der Waals surface area (Å²) in [5.41, 5.74) is -0.550. The fourth-order valence-corrected chi connectivity index (χ4v) is 2.49. The van der Waals surface area contributed by atoms with Gasteiger partial charge >= 0.3 is 6.09 Å². The number of hydrogen-bond acceptors (Lipinski definition) is 5. The number of aromatic nitrogens is 2. The zero-order valence-electron chi connectivity index (χ0n) is 12.9. The van der Waals surface area contributed by atoms with Gasteiger partial charge in [0.1, 0.15) is 19.0 Å². The Hall–Kier alpha value is -2.04. The molecule has 0 bridgehead atoms. The highest BCUT2D eigenvalue weighted by Crippen LogP contribution is 2.35. The topological polar surface area (TPSA) is 65.8 Å². The van der Waals surface area contributed by atoms with E-state index in [1.807, 2.05) is 24.7 Å². The predicted octanol–water partition coefficient (Wildman–Crippen LogP) is 0.754. The third kappa shape index (κ3) is 3.40. The summed E-state index contributed by atoms with van der Waals surface area (Å²) in [6.07, 6.45) is 8.26. The van der Waals surface area contributed by atoms with Crippen molar-refractivity contribution >= 4 is 6.09 Å². The lowest BCUT2D eigenvalue weighted by molar-refractivity contribution is -0.144. The highest BCUT2D eigenvalue weighted by molar-refractivity contribution is 5.69. The van der Waals surface area contributed by atoms with Gasteiger partial charge in [-0.05, 0) is 6.92 Å². The lowest BCUT2D eigenvalue weighted by Gasteiger charge is -2.47. The first-order chi connectivity index (χ1) is 10.6. The van der Waals surface area contributed by atoms with Gasteiger partial charge in [0.05, 0.1) is 19.7 Å². The third-order valence-corrected chi connectivity index (χ3v) is 3.44. The van der Waals surface area contributed by atoms with Gasteiger partial charge in [-0.15, -0.1) is 6.42 Å². The summed E-state index contributed by atoms with van der Waals surface area (Å²) in [6, 6.07) is 0. The molecule has 0 atom stereocenters. The number of terminal acetylenes is 1. The molecule has 2 heterocycles. The first kappa shape index (κ1) is 16.3. The highest BCUT2D eigenvalue weighted by atomic mass is 16.6. The maximum atomic E-state index is 11.9. The smallest absolute Gasteiger partial charge is 0.410 e. The Morgan fingerprint density at radius 3 is 2.86 bits per heavy atom. The molecule has 2 rings (SSSR count). The molecular weight excluding hydrogens is 286 g/mol. The standard InChI is InChI=1S/C15H21N3O4/c1-4-8-20-9-10-21-14(19)18-11-15(12-18,22-5-2)13-16-6-7-17(13)3/h1,6-7H,5,8-12H2,2-3H3. The second kappa shape index (κ2) is 7.29. The van der Waals surface area contributed by atoms with Gasteiger partial charge in [-0.1, -0.05) is 5.92 Å². The predicted molar refractivity (Wildman–Crippen MR) is 79.1 cm³/mol. The molecule has 1 aliphatic rings. The Balaban J connectivity index is 1.84. The second-order valence-corrected chi connectivity index (χ2v) is 5.02. The molecule has 1 fully saturated rings. The molecule has 0 saturated carbocycles. The molecule has 1 amide bonds. The number of carbonyl (C=O) groups is 1. The van der Waals surface area contributed by atoms with Gasteiger partial charge in [-0.25, -0.2) is 9.78 Å². The number of aryl methyl sites for hydroxylation is 1. The molecule has 0 aromatic carbocycles. The first-order valence-corrected chi connectivity index (χ1v) is 7.17. The number of hydrogen-bond donors (Lipinski definition) is 0. The number of amides is 1. The number of imidazole rings is 1. The van der Waals surface area contributed by atoms with Crippen molar-refractivity contribution in [3.05, 3.63) is 18.2 Å². The van der Waals surface area contributed by atoms with Crippen molar-refractivity contribution in [1.82, 2.24) is 14.5 Å². The maximum Gasteiger partial charge on any atom is 0.410 e. The largest absolute Gasteiger partial charge is 0.447 e. The van der Waals surface area contributed by atoms with Crippen LogP contribution in [0.5, 0.6) is 0 Å². The van der Waals surface area contributed by atoms with E-state index in [4.69, 9.17) is 20.6 Å². The average Bonchev–Trinajstić information content (AvgIpc) is 2.88. The summed E-state index contributed by atoms with van der Waals surface area (Å²) in [6.45, 7) is 4.02. The lowest BCUT2D eigenvalue weighted by atomic mass is 9.93. The molecule has 22 heavy (non-hydrogen) atoms. The van der Waals surface area contributed by atoms with Crippen LogP contribution in [0.3, 0.4) is 0 Å². The Morgan fingerprint density at radius 1 is 1.50 bits per heavy atom. The zero-order chi connectivity index (χ0) is 16.0. The van der Waals surface area contributed by atoms with Crippen LogP contribution in [0.4, 0.5) is 4.79 Å². The van der Waals surface area contributed by atoms with Crippen molar-refractivity contribution in [2.75, 3.05) is 39.5 Å².